The molecule has 1 aliphatic rings. The molecule has 2 aromatic rings. The van der Waals surface area contributed by atoms with Gasteiger partial charge >= 0.3 is 0 Å². The molecule has 5 nitrogen and oxygen atoms in total. The second-order valence-corrected chi connectivity index (χ2v) is 5.94. The average molecular weight is 346 g/mol. The van der Waals surface area contributed by atoms with E-state index in [2.05, 4.69) is 36.2 Å². The number of halogens is 1. The van der Waals surface area contributed by atoms with Crippen molar-refractivity contribution in [1.82, 2.24) is 15.3 Å². The minimum absolute atomic E-state index is 0.267. The molecule has 0 radical (unpaired) electrons. The van der Waals surface area contributed by atoms with Crippen LogP contribution in [0, 0.1) is 5.41 Å². The van der Waals surface area contributed by atoms with Crippen LogP contribution in [-0.2, 0) is 0 Å². The molecule has 0 bridgehead atoms. The Balaban J connectivity index is 1.96. The summed E-state index contributed by atoms with van der Waals surface area (Å²) >= 11 is 3.44. The maximum Gasteiger partial charge on any atom is 0.109 e. The predicted octanol–water partition coefficient (Wildman–Crippen LogP) is 2.58. The van der Waals surface area contributed by atoms with Gasteiger partial charge in [-0.3, -0.25) is 9.98 Å². The van der Waals surface area contributed by atoms with Crippen LogP contribution in [0.4, 0.5) is 0 Å². The lowest BCUT2D eigenvalue weighted by molar-refractivity contribution is 0.460. The first kappa shape index (κ1) is 14.3. The Morgan fingerprint density at radius 1 is 1.33 bits per heavy atom. The lowest BCUT2D eigenvalue weighted by Gasteiger charge is -2.19. The molecule has 3 rings (SSSR count). The molecule has 2 heterocycles. The molecule has 0 atom stereocenters. The molecule has 1 aromatic carbocycles. The van der Waals surface area contributed by atoms with Crippen LogP contribution in [0.15, 0.2) is 33.9 Å². The zero-order chi connectivity index (χ0) is 14.7. The van der Waals surface area contributed by atoms with Crippen LogP contribution in [0.25, 0.3) is 11.0 Å². The number of hydrogen-bond acceptors (Lipinski definition) is 5. The molecule has 1 aliphatic heterocycles. The van der Waals surface area contributed by atoms with Crippen molar-refractivity contribution in [2.75, 3.05) is 13.1 Å². The molecule has 1 saturated heterocycles. The molecule has 0 spiro atoms. The fourth-order valence-corrected chi connectivity index (χ4v) is 2.77. The van der Waals surface area contributed by atoms with Gasteiger partial charge in [0.2, 0.25) is 0 Å². The minimum Gasteiger partial charge on any atom is -0.317 e. The van der Waals surface area contributed by atoms with Gasteiger partial charge in [-0.15, -0.1) is 0 Å². The van der Waals surface area contributed by atoms with E-state index in [4.69, 9.17) is 5.41 Å². The van der Waals surface area contributed by atoms with Crippen molar-refractivity contribution >= 4 is 38.9 Å². The molecule has 21 heavy (non-hydrogen) atoms. The smallest absolute Gasteiger partial charge is 0.109 e. The molecule has 0 amide bonds. The van der Waals surface area contributed by atoms with Gasteiger partial charge in [-0.05, 0) is 44.1 Å². The van der Waals surface area contributed by atoms with Crippen LogP contribution < -0.4 is 5.32 Å². The van der Waals surface area contributed by atoms with Crippen LogP contribution in [0.5, 0.6) is 0 Å². The highest BCUT2D eigenvalue weighted by Gasteiger charge is 2.14. The number of benzene rings is 1. The summed E-state index contributed by atoms with van der Waals surface area (Å²) in [5.74, 6) is 0. The normalized spacial score (nSPS) is 17.1. The van der Waals surface area contributed by atoms with E-state index in [-0.39, 0.29) is 6.04 Å². The highest BCUT2D eigenvalue weighted by atomic mass is 79.9. The van der Waals surface area contributed by atoms with Crippen molar-refractivity contribution in [3.05, 3.63) is 34.6 Å². The molecule has 0 unspecified atom stereocenters. The molecular weight excluding hydrogens is 330 g/mol. The molecule has 1 aromatic heterocycles. The van der Waals surface area contributed by atoms with E-state index in [0.29, 0.717) is 11.4 Å². The van der Waals surface area contributed by atoms with Gasteiger partial charge in [0, 0.05) is 10.7 Å². The van der Waals surface area contributed by atoms with Gasteiger partial charge in [-0.25, -0.2) is 4.98 Å². The maximum absolute atomic E-state index is 7.62. The van der Waals surface area contributed by atoms with Crippen molar-refractivity contribution in [3.63, 3.8) is 0 Å². The summed E-state index contributed by atoms with van der Waals surface area (Å²) in [7, 11) is 0. The zero-order valence-electron chi connectivity index (χ0n) is 11.5. The SMILES string of the molecule is N=C/C(=N/C1CCNCC1)c1cnc2ccc(Br)cc2n1. The third-order valence-electron chi connectivity index (χ3n) is 3.53. The van der Waals surface area contributed by atoms with Crippen LogP contribution in [0.3, 0.4) is 0 Å². The van der Waals surface area contributed by atoms with E-state index in [1.807, 2.05) is 18.2 Å². The lowest BCUT2D eigenvalue weighted by Crippen LogP contribution is -2.30. The number of fused-ring (bicyclic) bond motifs is 1. The number of aliphatic imine (C=N–C) groups is 1. The number of rotatable bonds is 3. The zero-order valence-corrected chi connectivity index (χ0v) is 13.1. The standard InChI is InChI=1S/C15H16BrN5/c16-10-1-2-12-13(7-10)21-15(9-19-12)14(8-17)20-11-3-5-18-6-4-11/h1-2,7-9,11,17-18H,3-6H2/b17-8?,20-14-. The summed E-state index contributed by atoms with van der Waals surface area (Å²) in [4.78, 5) is 13.7. The topological polar surface area (TPSA) is 74.0 Å². The number of hydrogen-bond donors (Lipinski definition) is 2. The third-order valence-corrected chi connectivity index (χ3v) is 4.03. The van der Waals surface area contributed by atoms with E-state index < -0.39 is 0 Å². The molecule has 1 fully saturated rings. The van der Waals surface area contributed by atoms with Gasteiger partial charge in [0.25, 0.3) is 0 Å². The monoisotopic (exact) mass is 345 g/mol. The van der Waals surface area contributed by atoms with Crippen molar-refractivity contribution in [2.24, 2.45) is 4.99 Å². The lowest BCUT2D eigenvalue weighted by atomic mass is 10.1. The van der Waals surface area contributed by atoms with Crippen LogP contribution in [-0.4, -0.2) is 41.0 Å². The second kappa shape index (κ2) is 6.41. The number of nitrogens with zero attached hydrogens (tertiary/aromatic N) is 3. The Morgan fingerprint density at radius 2 is 2.14 bits per heavy atom. The largest absolute Gasteiger partial charge is 0.317 e. The van der Waals surface area contributed by atoms with Crippen molar-refractivity contribution in [1.29, 1.82) is 5.41 Å². The van der Waals surface area contributed by atoms with E-state index >= 15 is 0 Å². The van der Waals surface area contributed by atoms with Crippen molar-refractivity contribution < 1.29 is 0 Å². The van der Waals surface area contributed by atoms with Gasteiger partial charge in [0.15, 0.2) is 0 Å². The molecule has 2 N–H and O–H groups in total. The van der Waals surface area contributed by atoms with Gasteiger partial charge in [-0.2, -0.15) is 0 Å². The second-order valence-electron chi connectivity index (χ2n) is 5.03. The Hall–Kier alpha value is -1.66. The van der Waals surface area contributed by atoms with Crippen LogP contribution in [0.1, 0.15) is 18.5 Å². The van der Waals surface area contributed by atoms with E-state index in [0.717, 1.165) is 41.4 Å². The highest BCUT2D eigenvalue weighted by Crippen LogP contribution is 2.17. The maximum atomic E-state index is 7.62. The number of piperidine rings is 1. The van der Waals surface area contributed by atoms with Gasteiger partial charge in [-0.1, -0.05) is 15.9 Å². The Morgan fingerprint density at radius 3 is 2.90 bits per heavy atom. The summed E-state index contributed by atoms with van der Waals surface area (Å²) in [6.45, 7) is 1.96. The molecule has 6 heteroatoms. The average Bonchev–Trinajstić information content (AvgIpc) is 2.53. The summed E-state index contributed by atoms with van der Waals surface area (Å²) in [5, 5.41) is 10.9. The van der Waals surface area contributed by atoms with Crippen molar-refractivity contribution in [2.45, 2.75) is 18.9 Å². The summed E-state index contributed by atoms with van der Waals surface area (Å²) in [6.07, 6.45) is 4.98. The fourth-order valence-electron chi connectivity index (χ4n) is 2.42. The van der Waals surface area contributed by atoms with E-state index in [1.165, 1.54) is 6.21 Å². The number of nitrogens with one attached hydrogen (secondary N) is 2. The molecule has 0 saturated carbocycles. The van der Waals surface area contributed by atoms with Gasteiger partial charge in [0.1, 0.15) is 11.4 Å². The molecule has 0 aliphatic carbocycles. The number of aromatic nitrogens is 2. The van der Waals surface area contributed by atoms with Gasteiger partial charge < -0.3 is 10.7 Å². The summed E-state index contributed by atoms with van der Waals surface area (Å²) in [5.41, 5.74) is 2.92. The summed E-state index contributed by atoms with van der Waals surface area (Å²) < 4.78 is 0.966. The quantitative estimate of drug-likeness (QED) is 0.839. The minimum atomic E-state index is 0.267. The van der Waals surface area contributed by atoms with Gasteiger partial charge in [0.05, 0.1) is 23.3 Å². The first-order valence-electron chi connectivity index (χ1n) is 6.98. The molecular formula is C15H16BrN5. The third kappa shape index (κ3) is 3.33. The van der Waals surface area contributed by atoms with E-state index in [1.54, 1.807) is 6.20 Å². The Kier molecular flexibility index (Phi) is 4.36. The summed E-state index contributed by atoms with van der Waals surface area (Å²) in [6, 6.07) is 6.06. The van der Waals surface area contributed by atoms with Crippen LogP contribution in [0.2, 0.25) is 0 Å². The first-order chi connectivity index (χ1) is 10.3. The highest BCUT2D eigenvalue weighted by molar-refractivity contribution is 9.10. The Labute approximate surface area is 131 Å². The van der Waals surface area contributed by atoms with E-state index in [9.17, 15) is 0 Å². The first-order valence-corrected chi connectivity index (χ1v) is 7.77. The molecule has 108 valence electrons. The van der Waals surface area contributed by atoms with Crippen molar-refractivity contribution in [3.8, 4) is 0 Å². The van der Waals surface area contributed by atoms with Crippen LogP contribution >= 0.6 is 15.9 Å². The fraction of sp³-hybridized carbons (Fsp3) is 0.333. The Bertz CT molecular complexity index is 692. The predicted molar refractivity (Wildman–Crippen MR) is 88.5 cm³/mol.